The van der Waals surface area contributed by atoms with E-state index in [0.717, 1.165) is 21.3 Å². The lowest BCUT2D eigenvalue weighted by Gasteiger charge is -2.16. The summed E-state index contributed by atoms with van der Waals surface area (Å²) in [6, 6.07) is 0. The summed E-state index contributed by atoms with van der Waals surface area (Å²) in [6.07, 6.45) is 4.97. The Hall–Kier alpha value is -1.33. The van der Waals surface area contributed by atoms with Crippen LogP contribution < -0.4 is 0 Å². The molecule has 2 aromatic heterocycles. The van der Waals surface area contributed by atoms with Gasteiger partial charge in [0.2, 0.25) is 0 Å². The normalized spacial score (nSPS) is 11.8. The molecule has 0 bridgehead atoms. The lowest BCUT2D eigenvalue weighted by molar-refractivity contribution is 0.282. The van der Waals surface area contributed by atoms with Gasteiger partial charge in [-0.3, -0.25) is 9.97 Å². The molecular weight excluding hydrogens is 234 g/mol. The van der Waals surface area contributed by atoms with Crippen molar-refractivity contribution in [2.75, 3.05) is 0 Å². The van der Waals surface area contributed by atoms with E-state index in [1.54, 1.807) is 18.6 Å². The van der Waals surface area contributed by atoms with Gasteiger partial charge in [-0.1, -0.05) is 20.8 Å². The van der Waals surface area contributed by atoms with Crippen LogP contribution in [-0.4, -0.2) is 20.1 Å². The molecule has 0 aliphatic carbocycles. The van der Waals surface area contributed by atoms with E-state index in [0.29, 0.717) is 0 Å². The number of aliphatic hydroxyl groups excluding tert-OH is 1. The smallest absolute Gasteiger partial charge is 0.144 e. The summed E-state index contributed by atoms with van der Waals surface area (Å²) < 4.78 is 0. The molecule has 0 fully saturated rings. The van der Waals surface area contributed by atoms with E-state index in [4.69, 9.17) is 0 Å². The fraction of sp³-hybridized carbons (Fsp3) is 0.417. The van der Waals surface area contributed by atoms with Gasteiger partial charge >= 0.3 is 0 Å². The maximum Gasteiger partial charge on any atom is 0.144 e. The molecular formula is C12H15N3OS. The van der Waals surface area contributed by atoms with E-state index < -0.39 is 0 Å². The zero-order valence-corrected chi connectivity index (χ0v) is 11.0. The van der Waals surface area contributed by atoms with E-state index in [-0.39, 0.29) is 12.0 Å². The Balaban J connectivity index is 2.49. The van der Waals surface area contributed by atoms with Crippen molar-refractivity contribution >= 4 is 11.3 Å². The first-order valence-corrected chi connectivity index (χ1v) is 6.21. The highest BCUT2D eigenvalue weighted by Crippen LogP contribution is 2.33. The maximum atomic E-state index is 9.38. The van der Waals surface area contributed by atoms with Crippen LogP contribution in [0.15, 0.2) is 18.6 Å². The van der Waals surface area contributed by atoms with E-state index in [1.807, 2.05) is 0 Å². The van der Waals surface area contributed by atoms with Crippen molar-refractivity contribution in [3.63, 3.8) is 0 Å². The first kappa shape index (κ1) is 12.1. The van der Waals surface area contributed by atoms with Crippen LogP contribution in [0.1, 0.15) is 31.3 Å². The Morgan fingerprint density at radius 1 is 1.29 bits per heavy atom. The van der Waals surface area contributed by atoms with Crippen molar-refractivity contribution in [2.45, 2.75) is 32.8 Å². The van der Waals surface area contributed by atoms with Gasteiger partial charge in [-0.15, -0.1) is 11.3 Å². The second-order valence-electron chi connectivity index (χ2n) is 4.79. The Labute approximate surface area is 104 Å². The molecule has 0 amide bonds. The molecule has 0 aliphatic rings. The SMILES string of the molecule is CC(C)(C)c1nc(-c2cnccn2)sc1CO. The molecule has 0 aromatic carbocycles. The molecule has 1 N–H and O–H groups in total. The van der Waals surface area contributed by atoms with Crippen molar-refractivity contribution in [3.8, 4) is 10.7 Å². The first-order chi connectivity index (χ1) is 8.02. The topological polar surface area (TPSA) is 58.9 Å². The molecule has 0 unspecified atom stereocenters. The molecule has 0 atom stereocenters. The second-order valence-corrected chi connectivity index (χ2v) is 5.87. The van der Waals surface area contributed by atoms with Gasteiger partial charge in [-0.25, -0.2) is 4.98 Å². The molecule has 0 saturated carbocycles. The quantitative estimate of drug-likeness (QED) is 0.887. The zero-order valence-electron chi connectivity index (χ0n) is 10.1. The fourth-order valence-corrected chi connectivity index (χ4v) is 2.66. The third-order valence-corrected chi connectivity index (χ3v) is 3.40. The molecule has 0 saturated heterocycles. The van der Waals surface area contributed by atoms with Gasteiger partial charge in [0.25, 0.3) is 0 Å². The first-order valence-electron chi connectivity index (χ1n) is 5.40. The molecule has 0 radical (unpaired) electrons. The monoisotopic (exact) mass is 249 g/mol. The predicted molar refractivity (Wildman–Crippen MR) is 67.8 cm³/mol. The molecule has 90 valence electrons. The number of hydrogen-bond donors (Lipinski definition) is 1. The summed E-state index contributed by atoms with van der Waals surface area (Å²) in [5, 5.41) is 10.2. The lowest BCUT2D eigenvalue weighted by Crippen LogP contribution is -2.14. The summed E-state index contributed by atoms with van der Waals surface area (Å²) >= 11 is 1.48. The van der Waals surface area contributed by atoms with Crippen molar-refractivity contribution < 1.29 is 5.11 Å². The third-order valence-electron chi connectivity index (χ3n) is 2.33. The molecule has 0 aliphatic heterocycles. The molecule has 0 spiro atoms. The minimum Gasteiger partial charge on any atom is -0.391 e. The minimum atomic E-state index is -0.0744. The van der Waals surface area contributed by atoms with Gasteiger partial charge in [-0.05, 0) is 0 Å². The largest absolute Gasteiger partial charge is 0.391 e. The maximum absolute atomic E-state index is 9.38. The zero-order chi connectivity index (χ0) is 12.5. The predicted octanol–water partition coefficient (Wildman–Crippen LogP) is 2.39. The van der Waals surface area contributed by atoms with Crippen molar-refractivity contribution in [1.82, 2.24) is 15.0 Å². The van der Waals surface area contributed by atoms with Crippen molar-refractivity contribution in [1.29, 1.82) is 0 Å². The van der Waals surface area contributed by atoms with E-state index in [9.17, 15) is 5.11 Å². The molecule has 5 heteroatoms. The van der Waals surface area contributed by atoms with Crippen LogP contribution in [0.3, 0.4) is 0 Å². The standard InChI is InChI=1S/C12H15N3OS/c1-12(2,3)10-9(7-16)17-11(15-10)8-6-13-4-5-14-8/h4-6,16H,7H2,1-3H3. The Morgan fingerprint density at radius 3 is 2.53 bits per heavy atom. The molecule has 2 rings (SSSR count). The van der Waals surface area contributed by atoms with Crippen LogP contribution in [0.5, 0.6) is 0 Å². The number of thiazole rings is 1. The van der Waals surface area contributed by atoms with Crippen LogP contribution in [-0.2, 0) is 12.0 Å². The summed E-state index contributed by atoms with van der Waals surface area (Å²) in [6.45, 7) is 6.27. The molecule has 17 heavy (non-hydrogen) atoms. The lowest BCUT2D eigenvalue weighted by atomic mass is 9.91. The number of rotatable bonds is 2. The van der Waals surface area contributed by atoms with Crippen LogP contribution in [0.25, 0.3) is 10.7 Å². The highest BCUT2D eigenvalue weighted by Gasteiger charge is 2.23. The highest BCUT2D eigenvalue weighted by molar-refractivity contribution is 7.15. The minimum absolute atomic E-state index is 0.0184. The third kappa shape index (κ3) is 2.50. The van der Waals surface area contributed by atoms with Gasteiger partial charge in [0, 0.05) is 17.8 Å². The number of aliphatic hydroxyl groups is 1. The van der Waals surface area contributed by atoms with Crippen LogP contribution in [0, 0.1) is 0 Å². The van der Waals surface area contributed by atoms with E-state index in [1.165, 1.54) is 11.3 Å². The summed E-state index contributed by atoms with van der Waals surface area (Å²) in [4.78, 5) is 13.7. The van der Waals surface area contributed by atoms with E-state index >= 15 is 0 Å². The average molecular weight is 249 g/mol. The summed E-state index contributed by atoms with van der Waals surface area (Å²) in [5.74, 6) is 0. The summed E-state index contributed by atoms with van der Waals surface area (Å²) in [7, 11) is 0. The van der Waals surface area contributed by atoms with Gasteiger partial charge in [0.1, 0.15) is 10.7 Å². The second kappa shape index (κ2) is 4.50. The Morgan fingerprint density at radius 2 is 2.06 bits per heavy atom. The highest BCUT2D eigenvalue weighted by atomic mass is 32.1. The van der Waals surface area contributed by atoms with Gasteiger partial charge in [0.15, 0.2) is 0 Å². The molecule has 2 aromatic rings. The van der Waals surface area contributed by atoms with Crippen LogP contribution in [0.4, 0.5) is 0 Å². The number of nitrogens with zero attached hydrogens (tertiary/aromatic N) is 3. The number of aromatic nitrogens is 3. The summed E-state index contributed by atoms with van der Waals surface area (Å²) in [5.41, 5.74) is 1.61. The average Bonchev–Trinajstić information content (AvgIpc) is 2.74. The Bertz CT molecular complexity index is 502. The fourth-order valence-electron chi connectivity index (χ4n) is 1.56. The van der Waals surface area contributed by atoms with Crippen molar-refractivity contribution in [3.05, 3.63) is 29.2 Å². The van der Waals surface area contributed by atoms with Crippen molar-refractivity contribution in [2.24, 2.45) is 0 Å². The van der Waals surface area contributed by atoms with E-state index in [2.05, 4.69) is 35.7 Å². The Kier molecular flexibility index (Phi) is 3.22. The molecule has 2 heterocycles. The van der Waals surface area contributed by atoms with Gasteiger partial charge in [-0.2, -0.15) is 0 Å². The molecule has 4 nitrogen and oxygen atoms in total. The van der Waals surface area contributed by atoms with Gasteiger partial charge < -0.3 is 5.11 Å². The van der Waals surface area contributed by atoms with Crippen LogP contribution >= 0.6 is 11.3 Å². The van der Waals surface area contributed by atoms with Crippen LogP contribution in [0.2, 0.25) is 0 Å². The van der Waals surface area contributed by atoms with Gasteiger partial charge in [0.05, 0.1) is 23.4 Å². The number of hydrogen-bond acceptors (Lipinski definition) is 5.